The molecule has 0 spiro atoms. The number of nitrogens with one attached hydrogen (secondary N) is 2. The monoisotopic (exact) mass is 393 g/mol. The second kappa shape index (κ2) is 7.09. The molecular weight excluding hydrogens is 374 g/mol. The largest absolute Gasteiger partial charge is 0.479 e. The maximum atomic E-state index is 12.4. The van der Waals surface area contributed by atoms with Crippen molar-refractivity contribution in [2.75, 3.05) is 10.6 Å². The minimum Gasteiger partial charge on any atom is -0.479 e. The molecule has 6 nitrogen and oxygen atoms in total. The van der Waals surface area contributed by atoms with E-state index < -0.39 is 6.10 Å². The van der Waals surface area contributed by atoms with Crippen molar-refractivity contribution in [2.45, 2.75) is 26.9 Å². The number of hydrogen-bond donors (Lipinski definition) is 2. The fourth-order valence-electron chi connectivity index (χ4n) is 2.95. The Bertz CT molecular complexity index is 1070. The molecule has 0 fully saturated rings. The molecular formula is C21H19N3O3S. The molecule has 0 bridgehead atoms. The number of thiazole rings is 1. The molecule has 0 unspecified atom stereocenters. The van der Waals surface area contributed by atoms with Crippen molar-refractivity contribution in [3.05, 3.63) is 58.5 Å². The standard InChI is InChI=1S/C21H19N3O3S/c1-11-4-6-14(7-5-11)20(26)24-21-23-18(13(3)28-21)15-8-9-17-16(10-15)22-19(25)12(2)27-17/h4-10,12H,1-3H3,(H,22,25)(H,23,24,26)/t12-/m0/s1. The third kappa shape index (κ3) is 3.48. The summed E-state index contributed by atoms with van der Waals surface area (Å²) in [6.07, 6.45) is -0.511. The predicted octanol–water partition coefficient (Wildman–Crippen LogP) is 4.40. The Hall–Kier alpha value is -3.19. The first-order valence-corrected chi connectivity index (χ1v) is 9.70. The van der Waals surface area contributed by atoms with Crippen LogP contribution in [0.15, 0.2) is 42.5 Å². The molecule has 2 aromatic carbocycles. The molecule has 7 heteroatoms. The van der Waals surface area contributed by atoms with Crippen molar-refractivity contribution in [1.29, 1.82) is 0 Å². The molecule has 0 radical (unpaired) electrons. The topological polar surface area (TPSA) is 80.3 Å². The number of hydrogen-bond acceptors (Lipinski definition) is 5. The van der Waals surface area contributed by atoms with Gasteiger partial charge in [-0.15, -0.1) is 11.3 Å². The van der Waals surface area contributed by atoms with Gasteiger partial charge in [0.25, 0.3) is 11.8 Å². The summed E-state index contributed by atoms with van der Waals surface area (Å²) >= 11 is 1.41. The summed E-state index contributed by atoms with van der Waals surface area (Å²) < 4.78 is 5.59. The van der Waals surface area contributed by atoms with Crippen molar-refractivity contribution in [1.82, 2.24) is 4.98 Å². The molecule has 4 rings (SSSR count). The van der Waals surface area contributed by atoms with Crippen LogP contribution in [-0.2, 0) is 4.79 Å². The Kier molecular flexibility index (Phi) is 4.60. The van der Waals surface area contributed by atoms with Gasteiger partial charge in [-0.2, -0.15) is 0 Å². The van der Waals surface area contributed by atoms with E-state index in [4.69, 9.17) is 4.74 Å². The quantitative estimate of drug-likeness (QED) is 0.691. The summed E-state index contributed by atoms with van der Waals surface area (Å²) in [5.41, 5.74) is 3.92. The van der Waals surface area contributed by atoms with Gasteiger partial charge in [-0.1, -0.05) is 17.7 Å². The van der Waals surface area contributed by atoms with Crippen LogP contribution in [0.5, 0.6) is 5.75 Å². The van der Waals surface area contributed by atoms with Crippen molar-refractivity contribution in [3.63, 3.8) is 0 Å². The Balaban J connectivity index is 1.58. The van der Waals surface area contributed by atoms with E-state index in [-0.39, 0.29) is 11.8 Å². The molecule has 0 aliphatic carbocycles. The number of aryl methyl sites for hydroxylation is 2. The van der Waals surface area contributed by atoms with Crippen LogP contribution >= 0.6 is 11.3 Å². The first-order valence-electron chi connectivity index (χ1n) is 8.88. The second-order valence-electron chi connectivity index (χ2n) is 6.70. The maximum absolute atomic E-state index is 12.4. The molecule has 28 heavy (non-hydrogen) atoms. The Morgan fingerprint density at radius 3 is 2.68 bits per heavy atom. The van der Waals surface area contributed by atoms with Gasteiger partial charge < -0.3 is 10.1 Å². The van der Waals surface area contributed by atoms with E-state index in [1.807, 2.05) is 44.2 Å². The van der Waals surface area contributed by atoms with Gasteiger partial charge in [0.05, 0.1) is 11.4 Å². The van der Waals surface area contributed by atoms with Crippen LogP contribution in [0.1, 0.15) is 27.7 Å². The number of nitrogens with zero attached hydrogens (tertiary/aromatic N) is 1. The molecule has 2 amide bonds. The van der Waals surface area contributed by atoms with E-state index in [0.717, 1.165) is 21.7 Å². The lowest BCUT2D eigenvalue weighted by molar-refractivity contribution is -0.122. The number of carbonyl (C=O) groups is 2. The molecule has 142 valence electrons. The lowest BCUT2D eigenvalue weighted by atomic mass is 10.1. The Morgan fingerprint density at radius 1 is 1.18 bits per heavy atom. The van der Waals surface area contributed by atoms with Crippen LogP contribution in [0.25, 0.3) is 11.3 Å². The summed E-state index contributed by atoms with van der Waals surface area (Å²) in [6.45, 7) is 5.63. The number of aromatic nitrogens is 1. The molecule has 0 saturated carbocycles. The molecule has 0 saturated heterocycles. The number of carbonyl (C=O) groups excluding carboxylic acids is 2. The van der Waals surface area contributed by atoms with E-state index in [1.165, 1.54) is 11.3 Å². The van der Waals surface area contributed by atoms with Crippen LogP contribution in [0.2, 0.25) is 0 Å². The molecule has 1 aliphatic rings. The molecule has 2 heterocycles. The van der Waals surface area contributed by atoms with Crippen LogP contribution < -0.4 is 15.4 Å². The van der Waals surface area contributed by atoms with E-state index in [0.29, 0.717) is 22.1 Å². The highest BCUT2D eigenvalue weighted by Gasteiger charge is 2.24. The van der Waals surface area contributed by atoms with Crippen molar-refractivity contribution < 1.29 is 14.3 Å². The lowest BCUT2D eigenvalue weighted by Gasteiger charge is -2.23. The average molecular weight is 393 g/mol. The highest BCUT2D eigenvalue weighted by molar-refractivity contribution is 7.16. The first-order chi connectivity index (χ1) is 13.4. The van der Waals surface area contributed by atoms with Gasteiger partial charge in [0.2, 0.25) is 0 Å². The minimum atomic E-state index is -0.511. The summed E-state index contributed by atoms with van der Waals surface area (Å²) in [5, 5.41) is 6.24. The maximum Gasteiger partial charge on any atom is 0.265 e. The zero-order chi connectivity index (χ0) is 19.8. The van der Waals surface area contributed by atoms with Gasteiger partial charge in [0, 0.05) is 16.0 Å². The lowest BCUT2D eigenvalue weighted by Crippen LogP contribution is -2.34. The van der Waals surface area contributed by atoms with E-state index >= 15 is 0 Å². The van der Waals surface area contributed by atoms with Gasteiger partial charge in [-0.05, 0) is 51.1 Å². The van der Waals surface area contributed by atoms with Gasteiger partial charge in [-0.3, -0.25) is 14.9 Å². The summed E-state index contributed by atoms with van der Waals surface area (Å²) in [7, 11) is 0. The smallest absolute Gasteiger partial charge is 0.265 e. The summed E-state index contributed by atoms with van der Waals surface area (Å²) in [4.78, 5) is 29.8. The Labute approximate surface area is 166 Å². The highest BCUT2D eigenvalue weighted by Crippen LogP contribution is 2.37. The van der Waals surface area contributed by atoms with Gasteiger partial charge in [0.1, 0.15) is 5.75 Å². The SMILES string of the molecule is Cc1ccc(C(=O)Nc2nc(-c3ccc4c(c3)NC(=O)[C@H](C)O4)c(C)s2)cc1. The summed E-state index contributed by atoms with van der Waals surface area (Å²) in [5.74, 6) is 0.266. The number of amides is 2. The fourth-order valence-corrected chi connectivity index (χ4v) is 3.78. The van der Waals surface area contributed by atoms with Crippen LogP contribution in [-0.4, -0.2) is 22.9 Å². The Morgan fingerprint density at radius 2 is 1.93 bits per heavy atom. The molecule has 2 N–H and O–H groups in total. The zero-order valence-corrected chi connectivity index (χ0v) is 16.5. The third-order valence-corrected chi connectivity index (χ3v) is 5.40. The van der Waals surface area contributed by atoms with Gasteiger partial charge in [-0.25, -0.2) is 4.98 Å². The van der Waals surface area contributed by atoms with E-state index in [2.05, 4.69) is 15.6 Å². The normalized spacial score (nSPS) is 15.4. The fraction of sp³-hybridized carbons (Fsp3) is 0.190. The number of benzene rings is 2. The van der Waals surface area contributed by atoms with E-state index in [1.54, 1.807) is 19.1 Å². The van der Waals surface area contributed by atoms with Crippen LogP contribution in [0, 0.1) is 13.8 Å². The number of fused-ring (bicyclic) bond motifs is 1. The molecule has 3 aromatic rings. The molecule has 1 atom stereocenters. The molecule has 1 aliphatic heterocycles. The van der Waals surface area contributed by atoms with Crippen molar-refractivity contribution in [2.24, 2.45) is 0 Å². The first kappa shape index (κ1) is 18.2. The summed E-state index contributed by atoms with van der Waals surface area (Å²) in [6, 6.07) is 12.9. The zero-order valence-electron chi connectivity index (χ0n) is 15.7. The molecule has 1 aromatic heterocycles. The van der Waals surface area contributed by atoms with Crippen LogP contribution in [0.3, 0.4) is 0 Å². The number of ether oxygens (including phenoxy) is 1. The minimum absolute atomic E-state index is 0.175. The van der Waals surface area contributed by atoms with Crippen LogP contribution in [0.4, 0.5) is 10.8 Å². The van der Waals surface area contributed by atoms with Gasteiger partial charge >= 0.3 is 0 Å². The average Bonchev–Trinajstić information content (AvgIpc) is 3.03. The van der Waals surface area contributed by atoms with Crippen molar-refractivity contribution >= 4 is 34.0 Å². The highest BCUT2D eigenvalue weighted by atomic mass is 32.1. The number of rotatable bonds is 3. The van der Waals surface area contributed by atoms with E-state index in [9.17, 15) is 9.59 Å². The van der Waals surface area contributed by atoms with Gasteiger partial charge in [0.15, 0.2) is 11.2 Å². The predicted molar refractivity (Wildman–Crippen MR) is 110 cm³/mol. The number of anilines is 2. The second-order valence-corrected chi connectivity index (χ2v) is 7.91. The van der Waals surface area contributed by atoms with Crippen molar-refractivity contribution in [3.8, 4) is 17.0 Å². The third-order valence-electron chi connectivity index (χ3n) is 4.51.